The molecule has 0 atom stereocenters. The third kappa shape index (κ3) is 8.85. The van der Waals surface area contributed by atoms with Crippen LogP contribution in [0.5, 0.6) is 5.75 Å². The van der Waals surface area contributed by atoms with E-state index in [0.29, 0.717) is 0 Å². The van der Waals surface area contributed by atoms with Gasteiger partial charge in [-0.1, -0.05) is 71.1 Å². The van der Waals surface area contributed by atoms with Crippen LogP contribution in [0, 0.1) is 5.92 Å². The average Bonchev–Trinajstić information content (AvgIpc) is 3.61. The molecule has 1 heterocycles. The molecule has 1 saturated carbocycles. The van der Waals surface area contributed by atoms with Crippen LogP contribution in [0.15, 0.2) is 36.7 Å². The van der Waals surface area contributed by atoms with E-state index in [0.717, 1.165) is 42.5 Å². The van der Waals surface area contributed by atoms with E-state index in [1.54, 1.807) is 0 Å². The van der Waals surface area contributed by atoms with Crippen LogP contribution >= 0.6 is 0 Å². The Morgan fingerprint density at radius 3 is 2.13 bits per heavy atom. The molecule has 0 radical (unpaired) electrons. The monoisotopic (exact) mass is 408 g/mol. The number of rotatable bonds is 16. The predicted octanol–water partition coefficient (Wildman–Crippen LogP) is 7.79. The molecule has 0 bridgehead atoms. The minimum Gasteiger partial charge on any atom is -0.494 e. The smallest absolute Gasteiger partial charge is 0.159 e. The molecule has 164 valence electrons. The van der Waals surface area contributed by atoms with Crippen molar-refractivity contribution in [2.75, 3.05) is 6.61 Å². The molecule has 3 heteroatoms. The third-order valence-corrected chi connectivity index (χ3v) is 6.11. The van der Waals surface area contributed by atoms with Crippen LogP contribution < -0.4 is 4.74 Å². The van der Waals surface area contributed by atoms with Crippen molar-refractivity contribution < 1.29 is 4.74 Å². The van der Waals surface area contributed by atoms with Crippen molar-refractivity contribution in [2.45, 2.75) is 96.8 Å². The van der Waals surface area contributed by atoms with E-state index in [-0.39, 0.29) is 0 Å². The first-order chi connectivity index (χ1) is 14.8. The molecule has 0 saturated heterocycles. The molecule has 1 aromatic heterocycles. The SMILES string of the molecule is CCCCCCCCCCc1cnc(-c2ccc(OCCCCC3CC3)cc2)nc1. The van der Waals surface area contributed by atoms with Crippen molar-refractivity contribution >= 4 is 0 Å². The van der Waals surface area contributed by atoms with Crippen LogP contribution in [-0.2, 0) is 6.42 Å². The van der Waals surface area contributed by atoms with Crippen LogP contribution in [0.4, 0.5) is 0 Å². The van der Waals surface area contributed by atoms with E-state index in [1.807, 2.05) is 24.5 Å². The van der Waals surface area contributed by atoms with Gasteiger partial charge in [-0.2, -0.15) is 0 Å². The Morgan fingerprint density at radius 2 is 1.47 bits per heavy atom. The Morgan fingerprint density at radius 1 is 0.800 bits per heavy atom. The average molecular weight is 409 g/mol. The number of hydrogen-bond donors (Lipinski definition) is 0. The molecule has 0 N–H and O–H groups in total. The van der Waals surface area contributed by atoms with E-state index in [4.69, 9.17) is 4.74 Å². The molecule has 1 aliphatic carbocycles. The van der Waals surface area contributed by atoms with Crippen molar-refractivity contribution in [3.05, 3.63) is 42.2 Å². The van der Waals surface area contributed by atoms with Crippen LogP contribution in [-0.4, -0.2) is 16.6 Å². The van der Waals surface area contributed by atoms with Crippen LogP contribution in [0.3, 0.4) is 0 Å². The summed E-state index contributed by atoms with van der Waals surface area (Å²) in [6.45, 7) is 3.09. The predicted molar refractivity (Wildman–Crippen MR) is 126 cm³/mol. The molecular weight excluding hydrogens is 368 g/mol. The zero-order chi connectivity index (χ0) is 20.9. The number of unbranched alkanes of at least 4 members (excludes halogenated alkanes) is 8. The van der Waals surface area contributed by atoms with Gasteiger partial charge in [0.2, 0.25) is 0 Å². The van der Waals surface area contributed by atoms with Crippen LogP contribution in [0.1, 0.15) is 96.0 Å². The molecule has 1 aliphatic rings. The van der Waals surface area contributed by atoms with E-state index >= 15 is 0 Å². The zero-order valence-electron chi connectivity index (χ0n) is 19.0. The fraction of sp³-hybridized carbons (Fsp3) is 0.630. The first-order valence-corrected chi connectivity index (χ1v) is 12.4. The van der Waals surface area contributed by atoms with E-state index in [1.165, 1.54) is 82.6 Å². The van der Waals surface area contributed by atoms with Gasteiger partial charge in [0.1, 0.15) is 5.75 Å². The highest BCUT2D eigenvalue weighted by molar-refractivity contribution is 5.55. The topological polar surface area (TPSA) is 35.0 Å². The molecule has 0 spiro atoms. The number of ether oxygens (including phenoxy) is 1. The fourth-order valence-electron chi connectivity index (χ4n) is 3.93. The molecule has 2 aromatic rings. The Bertz CT molecular complexity index is 692. The van der Waals surface area contributed by atoms with E-state index in [2.05, 4.69) is 29.0 Å². The van der Waals surface area contributed by atoms with Gasteiger partial charge in [0.05, 0.1) is 6.61 Å². The number of nitrogens with zero attached hydrogens (tertiary/aromatic N) is 2. The zero-order valence-corrected chi connectivity index (χ0v) is 19.0. The highest BCUT2D eigenvalue weighted by Crippen LogP contribution is 2.33. The van der Waals surface area contributed by atoms with Crippen molar-refractivity contribution in [2.24, 2.45) is 5.92 Å². The molecule has 0 amide bonds. The largest absolute Gasteiger partial charge is 0.494 e. The molecular formula is C27H40N2O. The van der Waals surface area contributed by atoms with Crippen molar-refractivity contribution in [3.63, 3.8) is 0 Å². The van der Waals surface area contributed by atoms with E-state index in [9.17, 15) is 0 Å². The standard InChI is InChI=1S/C27H40N2O/c1-2-3-4-5-6-7-8-9-13-24-21-28-27(29-22-24)25-16-18-26(19-17-25)30-20-11-10-12-23-14-15-23/h16-19,21-23H,2-15,20H2,1H3. The van der Waals surface area contributed by atoms with Gasteiger partial charge in [0, 0.05) is 18.0 Å². The van der Waals surface area contributed by atoms with Crippen molar-refractivity contribution in [3.8, 4) is 17.1 Å². The lowest BCUT2D eigenvalue weighted by atomic mass is 10.1. The molecule has 30 heavy (non-hydrogen) atoms. The second-order valence-electron chi connectivity index (χ2n) is 8.95. The van der Waals surface area contributed by atoms with Gasteiger partial charge in [0.25, 0.3) is 0 Å². The first kappa shape index (κ1) is 22.8. The summed E-state index contributed by atoms with van der Waals surface area (Å²) in [6, 6.07) is 8.20. The lowest BCUT2D eigenvalue weighted by Gasteiger charge is -2.07. The minimum atomic E-state index is 0.797. The van der Waals surface area contributed by atoms with Crippen LogP contribution in [0.2, 0.25) is 0 Å². The quantitative estimate of drug-likeness (QED) is 0.266. The maximum atomic E-state index is 5.87. The van der Waals surface area contributed by atoms with E-state index < -0.39 is 0 Å². The second-order valence-corrected chi connectivity index (χ2v) is 8.95. The first-order valence-electron chi connectivity index (χ1n) is 12.4. The van der Waals surface area contributed by atoms with Gasteiger partial charge in [0.15, 0.2) is 5.82 Å². The molecule has 3 nitrogen and oxygen atoms in total. The summed E-state index contributed by atoms with van der Waals surface area (Å²) in [5.41, 5.74) is 2.30. The van der Waals surface area contributed by atoms with Gasteiger partial charge >= 0.3 is 0 Å². The Labute approximate surface area is 183 Å². The number of benzene rings is 1. The molecule has 1 aromatic carbocycles. The third-order valence-electron chi connectivity index (χ3n) is 6.11. The molecule has 0 unspecified atom stereocenters. The summed E-state index contributed by atoms with van der Waals surface area (Å²) in [4.78, 5) is 9.17. The lowest BCUT2D eigenvalue weighted by Crippen LogP contribution is -1.98. The van der Waals surface area contributed by atoms with Crippen molar-refractivity contribution in [1.82, 2.24) is 9.97 Å². The second kappa shape index (κ2) is 13.4. The summed E-state index contributed by atoms with van der Waals surface area (Å²) < 4.78 is 5.87. The normalized spacial score (nSPS) is 13.5. The summed E-state index contributed by atoms with van der Waals surface area (Å²) >= 11 is 0. The summed E-state index contributed by atoms with van der Waals surface area (Å²) in [7, 11) is 0. The van der Waals surface area contributed by atoms with Gasteiger partial charge in [-0.05, 0) is 61.4 Å². The fourth-order valence-corrected chi connectivity index (χ4v) is 3.93. The highest BCUT2D eigenvalue weighted by atomic mass is 16.5. The number of hydrogen-bond acceptors (Lipinski definition) is 3. The Balaban J connectivity index is 1.31. The van der Waals surface area contributed by atoms with Gasteiger partial charge in [-0.15, -0.1) is 0 Å². The van der Waals surface area contributed by atoms with Gasteiger partial charge < -0.3 is 4.74 Å². The lowest BCUT2D eigenvalue weighted by molar-refractivity contribution is 0.304. The summed E-state index contributed by atoms with van der Waals surface area (Å²) in [5.74, 6) is 2.76. The molecule has 1 fully saturated rings. The number of aryl methyl sites for hydroxylation is 1. The summed E-state index contributed by atoms with van der Waals surface area (Å²) in [6.07, 6.45) is 22.6. The van der Waals surface area contributed by atoms with Gasteiger partial charge in [-0.25, -0.2) is 9.97 Å². The van der Waals surface area contributed by atoms with Crippen molar-refractivity contribution in [1.29, 1.82) is 0 Å². The molecule has 3 rings (SSSR count). The maximum absolute atomic E-state index is 5.87. The van der Waals surface area contributed by atoms with Gasteiger partial charge in [-0.3, -0.25) is 0 Å². The highest BCUT2D eigenvalue weighted by Gasteiger charge is 2.19. The number of aromatic nitrogens is 2. The molecule has 0 aliphatic heterocycles. The Hall–Kier alpha value is -1.90. The van der Waals surface area contributed by atoms with Crippen LogP contribution in [0.25, 0.3) is 11.4 Å². The Kier molecular flexibility index (Phi) is 10.2. The maximum Gasteiger partial charge on any atom is 0.159 e. The summed E-state index contributed by atoms with van der Waals surface area (Å²) in [5, 5.41) is 0. The minimum absolute atomic E-state index is 0.797.